The van der Waals surface area contributed by atoms with E-state index in [9.17, 15) is 9.90 Å². The number of hydrogen-bond acceptors (Lipinski definition) is 4. The van der Waals surface area contributed by atoms with Gasteiger partial charge in [-0.2, -0.15) is 0 Å². The zero-order chi connectivity index (χ0) is 15.4. The number of likely N-dealkylation sites (tertiary alicyclic amines) is 1. The number of aromatic nitrogens is 1. The summed E-state index contributed by atoms with van der Waals surface area (Å²) in [5.41, 5.74) is 1.87. The van der Waals surface area contributed by atoms with Gasteiger partial charge in [-0.25, -0.2) is 9.78 Å². The molecule has 1 aromatic rings. The van der Waals surface area contributed by atoms with Gasteiger partial charge < -0.3 is 15.3 Å². The summed E-state index contributed by atoms with van der Waals surface area (Å²) in [6.07, 6.45) is 3.84. The van der Waals surface area contributed by atoms with Gasteiger partial charge in [-0.05, 0) is 58.3 Å². The summed E-state index contributed by atoms with van der Waals surface area (Å²) in [5.74, 6) is -0.433. The molecule has 0 amide bonds. The third kappa shape index (κ3) is 4.17. The number of carboxylic acids is 1. The van der Waals surface area contributed by atoms with E-state index >= 15 is 0 Å². The van der Waals surface area contributed by atoms with E-state index in [1.54, 1.807) is 0 Å². The maximum absolute atomic E-state index is 11.4. The third-order valence-corrected chi connectivity index (χ3v) is 3.92. The number of piperidine rings is 1. The van der Waals surface area contributed by atoms with Crippen molar-refractivity contribution in [1.82, 2.24) is 9.88 Å². The highest BCUT2D eigenvalue weighted by Crippen LogP contribution is 2.20. The van der Waals surface area contributed by atoms with E-state index in [1.807, 2.05) is 19.9 Å². The van der Waals surface area contributed by atoms with E-state index in [4.69, 9.17) is 0 Å². The van der Waals surface area contributed by atoms with Crippen molar-refractivity contribution < 1.29 is 9.90 Å². The Balaban J connectivity index is 2.08. The van der Waals surface area contributed by atoms with Crippen molar-refractivity contribution >= 4 is 11.8 Å². The monoisotopic (exact) mass is 291 g/mol. The predicted octanol–water partition coefficient (Wildman–Crippen LogP) is 2.68. The van der Waals surface area contributed by atoms with Crippen molar-refractivity contribution in [3.8, 4) is 0 Å². The van der Waals surface area contributed by atoms with E-state index in [2.05, 4.69) is 22.1 Å². The Hall–Kier alpha value is -1.62. The number of nitrogens with one attached hydrogen (secondary N) is 1. The molecule has 5 nitrogen and oxygen atoms in total. The molecule has 1 aromatic heterocycles. The highest BCUT2D eigenvalue weighted by molar-refractivity contribution is 5.94. The zero-order valence-corrected chi connectivity index (χ0v) is 13.1. The first-order chi connectivity index (χ1) is 9.97. The summed E-state index contributed by atoms with van der Waals surface area (Å²) in [4.78, 5) is 18.2. The van der Waals surface area contributed by atoms with Crippen molar-refractivity contribution in [1.29, 1.82) is 0 Å². The number of rotatable bonds is 5. The maximum atomic E-state index is 11.4. The Kier molecular flexibility index (Phi) is 5.17. The van der Waals surface area contributed by atoms with Crippen LogP contribution in [0.3, 0.4) is 0 Å². The van der Waals surface area contributed by atoms with Crippen molar-refractivity contribution in [3.63, 3.8) is 0 Å². The molecule has 1 saturated heterocycles. The number of aromatic carboxylic acids is 1. The molecular weight excluding hydrogens is 266 g/mol. The molecule has 0 aromatic carbocycles. The standard InChI is InChI=1S/C16H25N3O2/c1-11-9-12(2)17-15(14(11)16(20)21)18-13(3)10-19-7-5-4-6-8-19/h9,13H,4-8,10H2,1-3H3,(H,17,18)(H,20,21). The van der Waals surface area contributed by atoms with Gasteiger partial charge in [0.2, 0.25) is 0 Å². The second kappa shape index (κ2) is 6.89. The number of anilines is 1. The molecule has 1 fully saturated rings. The first-order valence-electron chi connectivity index (χ1n) is 7.68. The Morgan fingerprint density at radius 1 is 1.38 bits per heavy atom. The van der Waals surface area contributed by atoms with Crippen molar-refractivity contribution in [2.45, 2.75) is 46.1 Å². The lowest BCUT2D eigenvalue weighted by Gasteiger charge is -2.29. The summed E-state index contributed by atoms with van der Waals surface area (Å²) in [5, 5.41) is 12.7. The molecule has 0 radical (unpaired) electrons. The van der Waals surface area contributed by atoms with E-state index in [1.165, 1.54) is 19.3 Å². The van der Waals surface area contributed by atoms with Crippen LogP contribution in [0.4, 0.5) is 5.82 Å². The van der Waals surface area contributed by atoms with Gasteiger partial charge in [-0.3, -0.25) is 0 Å². The third-order valence-electron chi connectivity index (χ3n) is 3.92. The minimum absolute atomic E-state index is 0.176. The lowest BCUT2D eigenvalue weighted by atomic mass is 10.1. The summed E-state index contributed by atoms with van der Waals surface area (Å²) in [6, 6.07) is 1.99. The van der Waals surface area contributed by atoms with Crippen molar-refractivity contribution in [2.75, 3.05) is 25.0 Å². The van der Waals surface area contributed by atoms with Crippen LogP contribution in [0.2, 0.25) is 0 Å². The molecule has 0 saturated carbocycles. The second-order valence-corrected chi connectivity index (χ2v) is 6.02. The van der Waals surface area contributed by atoms with E-state index in [0.29, 0.717) is 5.82 Å². The van der Waals surface area contributed by atoms with Gasteiger partial charge in [-0.15, -0.1) is 0 Å². The average molecular weight is 291 g/mol. The molecule has 2 rings (SSSR count). The van der Waals surface area contributed by atoms with Gasteiger partial charge in [0.25, 0.3) is 0 Å². The molecule has 1 aliphatic heterocycles. The Bertz CT molecular complexity index is 510. The number of hydrogen-bond donors (Lipinski definition) is 2. The first kappa shape index (κ1) is 15.8. The summed E-state index contributed by atoms with van der Waals surface area (Å²) in [6.45, 7) is 8.99. The highest BCUT2D eigenvalue weighted by Gasteiger charge is 2.19. The Labute approximate surface area is 126 Å². The SMILES string of the molecule is Cc1cc(C)c(C(=O)O)c(NC(C)CN2CCCCC2)n1. The number of pyridine rings is 1. The van der Waals surface area contributed by atoms with Crippen LogP contribution < -0.4 is 5.32 Å². The largest absolute Gasteiger partial charge is 0.478 e. The lowest BCUT2D eigenvalue weighted by molar-refractivity contribution is 0.0696. The molecule has 2 heterocycles. The molecule has 0 aliphatic carbocycles. The molecule has 0 bridgehead atoms. The highest BCUT2D eigenvalue weighted by atomic mass is 16.4. The number of nitrogens with zero attached hydrogens (tertiary/aromatic N) is 2. The first-order valence-corrected chi connectivity index (χ1v) is 7.68. The summed E-state index contributed by atoms with van der Waals surface area (Å²) < 4.78 is 0. The van der Waals surface area contributed by atoms with Crippen molar-refractivity contribution in [3.05, 3.63) is 22.9 Å². The predicted molar refractivity (Wildman–Crippen MR) is 84.0 cm³/mol. The number of carboxylic acid groups (broad SMARTS) is 1. The molecule has 116 valence electrons. The number of carbonyl (C=O) groups is 1. The molecule has 1 aliphatic rings. The topological polar surface area (TPSA) is 65.5 Å². The molecule has 1 unspecified atom stereocenters. The maximum Gasteiger partial charge on any atom is 0.339 e. The van der Waals surface area contributed by atoms with Gasteiger partial charge in [0, 0.05) is 18.3 Å². The van der Waals surface area contributed by atoms with Gasteiger partial charge in [0.1, 0.15) is 11.4 Å². The van der Waals surface area contributed by atoms with Crippen LogP contribution in [0.5, 0.6) is 0 Å². The van der Waals surface area contributed by atoms with Crippen molar-refractivity contribution in [2.24, 2.45) is 0 Å². The Morgan fingerprint density at radius 3 is 2.67 bits per heavy atom. The summed E-state index contributed by atoms with van der Waals surface area (Å²) >= 11 is 0. The minimum atomic E-state index is -0.923. The van der Waals surface area contributed by atoms with Gasteiger partial charge in [-0.1, -0.05) is 6.42 Å². The minimum Gasteiger partial charge on any atom is -0.478 e. The van der Waals surface area contributed by atoms with Crippen LogP contribution in [0.25, 0.3) is 0 Å². The fourth-order valence-corrected chi connectivity index (χ4v) is 3.02. The molecule has 0 spiro atoms. The molecule has 2 N–H and O–H groups in total. The zero-order valence-electron chi connectivity index (χ0n) is 13.1. The number of aryl methyl sites for hydroxylation is 2. The van der Waals surface area contributed by atoms with Gasteiger partial charge in [0.15, 0.2) is 0 Å². The van der Waals surface area contributed by atoms with Crippen LogP contribution in [0.1, 0.15) is 47.8 Å². The van der Waals surface area contributed by atoms with Crippen LogP contribution in [0, 0.1) is 13.8 Å². The average Bonchev–Trinajstić information content (AvgIpc) is 2.38. The van der Waals surface area contributed by atoms with Gasteiger partial charge >= 0.3 is 5.97 Å². The normalized spacial score (nSPS) is 17.5. The van der Waals surface area contributed by atoms with Crippen LogP contribution in [-0.4, -0.2) is 46.6 Å². The van der Waals surface area contributed by atoms with E-state index in [0.717, 1.165) is 30.9 Å². The fraction of sp³-hybridized carbons (Fsp3) is 0.625. The van der Waals surface area contributed by atoms with E-state index < -0.39 is 5.97 Å². The molecule has 1 atom stereocenters. The van der Waals surface area contributed by atoms with Crippen LogP contribution >= 0.6 is 0 Å². The molecule has 5 heteroatoms. The quantitative estimate of drug-likeness (QED) is 0.873. The van der Waals surface area contributed by atoms with Crippen LogP contribution in [0.15, 0.2) is 6.07 Å². The second-order valence-electron chi connectivity index (χ2n) is 6.02. The van der Waals surface area contributed by atoms with Crippen LogP contribution in [-0.2, 0) is 0 Å². The summed E-state index contributed by atoms with van der Waals surface area (Å²) in [7, 11) is 0. The molecule has 21 heavy (non-hydrogen) atoms. The lowest BCUT2D eigenvalue weighted by Crippen LogP contribution is -2.38. The Morgan fingerprint density at radius 2 is 2.05 bits per heavy atom. The van der Waals surface area contributed by atoms with E-state index in [-0.39, 0.29) is 11.6 Å². The molecular formula is C16H25N3O2. The fourth-order valence-electron chi connectivity index (χ4n) is 3.02. The van der Waals surface area contributed by atoms with Gasteiger partial charge in [0.05, 0.1) is 0 Å². The smallest absolute Gasteiger partial charge is 0.339 e.